The van der Waals surface area contributed by atoms with E-state index in [2.05, 4.69) is 16.4 Å². The van der Waals surface area contributed by atoms with Crippen molar-refractivity contribution in [1.82, 2.24) is 10.0 Å². The fourth-order valence-corrected chi connectivity index (χ4v) is 7.16. The van der Waals surface area contributed by atoms with Gasteiger partial charge in [-0.15, -0.1) is 0 Å². The second kappa shape index (κ2) is 11.5. The Labute approximate surface area is 270 Å². The molecule has 228 valence electrons. The molecule has 11 heteroatoms. The van der Waals surface area contributed by atoms with Gasteiger partial charge in [-0.25, -0.2) is 9.91 Å². The molecule has 3 heterocycles. The van der Waals surface area contributed by atoms with Gasteiger partial charge in [0, 0.05) is 16.0 Å². The Bertz CT molecular complexity index is 1780. The minimum absolute atomic E-state index is 0.0235. The molecule has 1 saturated carbocycles. The minimum atomic E-state index is -1.00. The van der Waals surface area contributed by atoms with Crippen molar-refractivity contribution in [3.05, 3.63) is 105 Å². The Morgan fingerprint density at radius 1 is 0.911 bits per heavy atom. The summed E-state index contributed by atoms with van der Waals surface area (Å²) in [6.07, 6.45) is 4.75. The molecule has 0 radical (unpaired) electrons. The number of hydrogen-bond donors (Lipinski definition) is 0. The highest BCUT2D eigenvalue weighted by Crippen LogP contribution is 2.45. The molecule has 0 aromatic heterocycles. The number of carbonyl (C=O) groups is 3. The molecule has 1 aliphatic carbocycles. The van der Waals surface area contributed by atoms with Gasteiger partial charge < -0.3 is 0 Å². The van der Waals surface area contributed by atoms with Gasteiger partial charge >= 0.3 is 0 Å². The van der Waals surface area contributed by atoms with Crippen molar-refractivity contribution >= 4 is 58.4 Å². The predicted octanol–water partition coefficient (Wildman–Crippen LogP) is 6.73. The van der Waals surface area contributed by atoms with Gasteiger partial charge in [-0.3, -0.25) is 19.4 Å². The molecular formula is C34H30Cl2N6O3. The molecule has 45 heavy (non-hydrogen) atoms. The highest BCUT2D eigenvalue weighted by atomic mass is 35.5. The van der Waals surface area contributed by atoms with Crippen LogP contribution in [0.5, 0.6) is 0 Å². The van der Waals surface area contributed by atoms with Crippen LogP contribution in [0.4, 0.5) is 5.69 Å². The number of hydrazone groups is 1. The highest BCUT2D eigenvalue weighted by molar-refractivity contribution is 6.31. The lowest BCUT2D eigenvalue weighted by Gasteiger charge is -2.30. The van der Waals surface area contributed by atoms with Crippen molar-refractivity contribution in [2.75, 3.05) is 11.4 Å². The summed E-state index contributed by atoms with van der Waals surface area (Å²) in [5.74, 6) is -1.24. The molecule has 0 N–H and O–H groups in total. The predicted molar refractivity (Wildman–Crippen MR) is 173 cm³/mol. The van der Waals surface area contributed by atoms with Crippen LogP contribution in [0.1, 0.15) is 47.6 Å². The average Bonchev–Trinajstić information content (AvgIpc) is 3.69. The first kappa shape index (κ1) is 29.4. The molecule has 0 spiro atoms. The number of rotatable bonds is 5. The zero-order valence-electron chi connectivity index (χ0n) is 24.7. The van der Waals surface area contributed by atoms with Crippen LogP contribution in [0.25, 0.3) is 6.08 Å². The van der Waals surface area contributed by atoms with Crippen molar-refractivity contribution in [1.29, 1.82) is 0 Å². The van der Waals surface area contributed by atoms with Crippen LogP contribution < -0.4 is 4.90 Å². The van der Waals surface area contributed by atoms with Crippen molar-refractivity contribution in [3.8, 4) is 0 Å². The lowest BCUT2D eigenvalue weighted by atomic mass is 9.77. The van der Waals surface area contributed by atoms with Crippen LogP contribution in [0.3, 0.4) is 0 Å². The number of carbonyl (C=O) groups excluding carboxylic acids is 3. The molecular weight excluding hydrogens is 611 g/mol. The third kappa shape index (κ3) is 5.14. The van der Waals surface area contributed by atoms with Crippen LogP contribution >= 0.6 is 23.2 Å². The number of amides is 3. The monoisotopic (exact) mass is 640 g/mol. The van der Waals surface area contributed by atoms with E-state index >= 15 is 0 Å². The molecule has 3 aliphatic heterocycles. The lowest BCUT2D eigenvalue weighted by molar-refractivity contribution is -0.136. The maximum Gasteiger partial charge on any atom is 0.264 e. The number of aryl methyl sites for hydroxylation is 2. The smallest absolute Gasteiger partial charge is 0.264 e. The molecule has 4 unspecified atom stereocenters. The normalized spacial score (nSPS) is 24.8. The number of nitrogens with zero attached hydrogens (tertiary/aromatic N) is 6. The Morgan fingerprint density at radius 3 is 2.27 bits per heavy atom. The SMILES string of the molecule is Cc1cccc(C)c1N1C(=O)C2N=NN(CC(=O)N3N=C4/C(=C\c5ccc(Cl)cc5)CCCC4C3c3ccc(Cl)cc3)C2C1=O. The van der Waals surface area contributed by atoms with Crippen LogP contribution in [0.15, 0.2) is 87.7 Å². The molecule has 3 amide bonds. The summed E-state index contributed by atoms with van der Waals surface area (Å²) in [5, 5.41) is 17.4. The standard InChI is InChI=1S/C34H30Cl2N6O3/c1-19-5-3-6-20(2)30(19)41-33(44)29-32(34(41)45)40(39-37-29)18-27(43)42-31(22-11-15-25(36)16-12-22)26-8-4-7-23(28(26)38-42)17-21-9-13-24(35)14-10-21/h3,5-6,9-17,26,29,31-32H,4,7-8,18H2,1-2H3/b23-17-. The maximum absolute atomic E-state index is 14.1. The van der Waals surface area contributed by atoms with E-state index in [1.807, 2.05) is 80.6 Å². The van der Waals surface area contributed by atoms with Crippen LogP contribution in [0.2, 0.25) is 10.0 Å². The second-order valence-corrected chi connectivity index (χ2v) is 12.8. The Morgan fingerprint density at radius 2 is 1.58 bits per heavy atom. The first-order valence-corrected chi connectivity index (χ1v) is 15.7. The molecule has 4 aliphatic rings. The van der Waals surface area contributed by atoms with Crippen LogP contribution in [-0.2, 0) is 14.4 Å². The first-order chi connectivity index (χ1) is 21.7. The van der Waals surface area contributed by atoms with E-state index in [0.29, 0.717) is 15.7 Å². The zero-order chi connectivity index (χ0) is 31.4. The van der Waals surface area contributed by atoms with Gasteiger partial charge in [-0.1, -0.05) is 70.9 Å². The molecule has 3 aromatic rings. The van der Waals surface area contributed by atoms with Crippen LogP contribution in [0, 0.1) is 19.8 Å². The molecule has 7 rings (SSSR count). The summed E-state index contributed by atoms with van der Waals surface area (Å²) >= 11 is 12.3. The van der Waals surface area contributed by atoms with E-state index in [1.54, 1.807) is 0 Å². The van der Waals surface area contributed by atoms with Gasteiger partial charge in [0.05, 0.1) is 17.4 Å². The molecule has 9 nitrogen and oxygen atoms in total. The quantitative estimate of drug-likeness (QED) is 0.289. The van der Waals surface area contributed by atoms with E-state index in [9.17, 15) is 14.4 Å². The molecule has 2 fully saturated rings. The zero-order valence-corrected chi connectivity index (χ0v) is 26.2. The van der Waals surface area contributed by atoms with Crippen LogP contribution in [-0.4, -0.2) is 52.1 Å². The number of benzene rings is 3. The summed E-state index contributed by atoms with van der Waals surface area (Å²) in [6.45, 7) is 3.46. The van der Waals surface area contributed by atoms with Gasteiger partial charge in [0.25, 0.3) is 17.7 Å². The van der Waals surface area contributed by atoms with Gasteiger partial charge in [0.15, 0.2) is 12.1 Å². The number of fused-ring (bicyclic) bond motifs is 2. The van der Waals surface area contributed by atoms with Gasteiger partial charge in [-0.05, 0) is 91.3 Å². The van der Waals surface area contributed by atoms with E-state index in [-0.39, 0.29) is 24.4 Å². The van der Waals surface area contributed by atoms with E-state index < -0.39 is 23.9 Å². The Hall–Kier alpha value is -4.34. The van der Waals surface area contributed by atoms with Crippen molar-refractivity contribution in [2.45, 2.75) is 51.2 Å². The minimum Gasteiger partial charge on any atom is -0.271 e. The molecule has 3 aromatic carbocycles. The maximum atomic E-state index is 14.1. The Balaban J connectivity index is 1.19. The average molecular weight is 642 g/mol. The third-order valence-corrected chi connectivity index (χ3v) is 9.50. The van der Waals surface area contributed by atoms with E-state index in [1.165, 1.54) is 14.9 Å². The first-order valence-electron chi connectivity index (χ1n) is 15.0. The number of imide groups is 1. The molecule has 1 saturated heterocycles. The number of anilines is 1. The van der Waals surface area contributed by atoms with Gasteiger partial charge in [-0.2, -0.15) is 10.2 Å². The topological polar surface area (TPSA) is 98.0 Å². The number of allylic oxidation sites excluding steroid dienone is 1. The Kier molecular flexibility index (Phi) is 7.54. The van der Waals surface area contributed by atoms with E-state index in [4.69, 9.17) is 28.3 Å². The second-order valence-electron chi connectivity index (χ2n) is 11.9. The van der Waals surface area contributed by atoms with Gasteiger partial charge in [0.2, 0.25) is 0 Å². The van der Waals surface area contributed by atoms with Crippen molar-refractivity contribution in [3.63, 3.8) is 0 Å². The highest BCUT2D eigenvalue weighted by Gasteiger charge is 2.56. The summed E-state index contributed by atoms with van der Waals surface area (Å²) in [6, 6.07) is 18.4. The van der Waals surface area contributed by atoms with E-state index in [0.717, 1.165) is 52.8 Å². The van der Waals surface area contributed by atoms with Crippen molar-refractivity contribution < 1.29 is 14.4 Å². The fourth-order valence-electron chi connectivity index (χ4n) is 6.90. The largest absolute Gasteiger partial charge is 0.271 e. The fraction of sp³-hybridized carbons (Fsp3) is 0.294. The summed E-state index contributed by atoms with van der Waals surface area (Å²) in [4.78, 5) is 42.5. The summed E-state index contributed by atoms with van der Waals surface area (Å²) < 4.78 is 0. The molecule has 4 atom stereocenters. The third-order valence-electron chi connectivity index (χ3n) is 9.00. The number of hydrogen-bond acceptors (Lipinski definition) is 7. The summed E-state index contributed by atoms with van der Waals surface area (Å²) in [5.41, 5.74) is 6.04. The summed E-state index contributed by atoms with van der Waals surface area (Å²) in [7, 11) is 0. The van der Waals surface area contributed by atoms with Gasteiger partial charge in [0.1, 0.15) is 6.54 Å². The number of halogens is 2. The molecule has 0 bridgehead atoms. The van der Waals surface area contributed by atoms with Crippen molar-refractivity contribution in [2.24, 2.45) is 21.4 Å². The number of para-hydroxylation sites is 1. The lowest BCUT2D eigenvalue weighted by Crippen LogP contribution is -2.45.